The van der Waals surface area contributed by atoms with Gasteiger partial charge in [-0.1, -0.05) is 94.1 Å². The highest BCUT2D eigenvalue weighted by Crippen LogP contribution is 2.71. The van der Waals surface area contributed by atoms with E-state index < -0.39 is 28.8 Å². The molecule has 17 aliphatic carbocycles. The number of aromatic nitrogens is 12. The van der Waals surface area contributed by atoms with Crippen molar-refractivity contribution in [2.45, 2.75) is 327 Å². The molecular formula is C102H147ClF2N12O5. The number of halogens is 3. The zero-order chi connectivity index (χ0) is 84.9. The molecule has 17 nitrogen and oxygen atoms in total. The van der Waals surface area contributed by atoms with E-state index in [1.54, 1.807) is 75.9 Å². The summed E-state index contributed by atoms with van der Waals surface area (Å²) in [6.07, 6.45) is 54.8. The van der Waals surface area contributed by atoms with Gasteiger partial charge in [0, 0.05) is 18.4 Å². The van der Waals surface area contributed by atoms with Crippen LogP contribution in [0.3, 0.4) is 0 Å². The molecule has 0 unspecified atom stereocenters. The van der Waals surface area contributed by atoms with E-state index in [4.69, 9.17) is 16.3 Å². The Hall–Kier alpha value is -5.41. The van der Waals surface area contributed by atoms with Crippen LogP contribution in [0.15, 0.2) is 98.2 Å². The fourth-order valence-corrected chi connectivity index (χ4v) is 34.3. The lowest BCUT2D eigenvalue weighted by Crippen LogP contribution is -2.52. The second-order valence-corrected chi connectivity index (χ2v) is 45.4. The van der Waals surface area contributed by atoms with Crippen molar-refractivity contribution in [1.29, 1.82) is 0 Å². The third-order valence-corrected chi connectivity index (χ3v) is 39.7. The highest BCUT2D eigenvalue weighted by atomic mass is 35.5. The lowest BCUT2D eigenvalue weighted by molar-refractivity contribution is -0.159. The van der Waals surface area contributed by atoms with E-state index in [9.17, 15) is 29.2 Å². The molecule has 21 rings (SSSR count). The molecule has 0 radical (unpaired) electrons. The van der Waals surface area contributed by atoms with Gasteiger partial charge in [0.1, 0.15) is 16.8 Å². The predicted octanol–water partition coefficient (Wildman–Crippen LogP) is 19.9. The van der Waals surface area contributed by atoms with Crippen molar-refractivity contribution in [2.75, 3.05) is 13.7 Å². The lowest BCUT2D eigenvalue weighted by atomic mass is 9.48. The van der Waals surface area contributed by atoms with Gasteiger partial charge in [0.2, 0.25) is 0 Å². The van der Waals surface area contributed by atoms with Crippen LogP contribution in [0, 0.1) is 193 Å². The Labute approximate surface area is 732 Å². The summed E-state index contributed by atoms with van der Waals surface area (Å²) in [5.41, 5.74) is 2.79. The summed E-state index contributed by atoms with van der Waals surface area (Å²) < 4.78 is 32.2. The topological polar surface area (TPSA) is 213 Å². The first-order valence-electron chi connectivity index (χ1n) is 49.0. The van der Waals surface area contributed by atoms with Crippen molar-refractivity contribution in [2.24, 2.45) is 170 Å². The van der Waals surface area contributed by atoms with Crippen LogP contribution >= 0.6 is 11.6 Å². The summed E-state index contributed by atoms with van der Waals surface area (Å²) in [6, 6.07) is 0. The Morgan fingerprint density at radius 2 is 0.664 bits per heavy atom. The number of ether oxygens (including phenoxy) is 1. The standard InChI is InChI=1S/C28H39N3O.C25H34ClN3O.C25H39N3O2.C24H35F2N3O/c1-19(18-31-29-15-16-30-31)25-7-8-26-24-6-5-21-17-28(32,13-9-20-3-4-20)14-11-22(21)23(24)10-12-27(25,26)2;1-17(16-29-27-13-14-28-29)22-5-6-23-21-4-3-18-15-25(30,11-12-26)10-8-19(18)20(21)7-9-24(22,23)2;1-17(15-28-26-12-13-27-28)22-6-7-23-21-5-4-18-14-25(29,16-30-3)11-9-19(18)20(21)8-10-24(22,23)2;1-15(14-29-27-11-12-28-29)20-5-6-21-19-4-3-16-13-24(30,22(25)26)10-8-17(16)18(19)7-9-23(20,21)2/h15-16,20-26,32H,1,3-8,10-12,14,17-18H2,2H3;13-14,18-23,30H,1,3-10,15-16H2,2H3;12-13,18-23,29H,1,4-11,14-16H2,2-3H3;11-12,16-22,30H,1,3-10,13-14H2,2H3/t21-,22+,23-,24-,25-,26+,27-,28-;18-,19+,20-,21-,22-,23+,24-,25+;18-,19+,20-,21-,22-,23+,24-,25-;16-,17+,18-,19-,20-,21+,23-,24-/m1111/s1. The maximum Gasteiger partial charge on any atom is 0.266 e. The van der Waals surface area contributed by atoms with Crippen LogP contribution in [-0.4, -0.2) is 123 Å². The molecule has 4 N–H and O–H groups in total. The van der Waals surface area contributed by atoms with Crippen LogP contribution in [0.1, 0.15) is 272 Å². The molecule has 17 fully saturated rings. The number of fused-ring (bicyclic) bond motifs is 20. The molecule has 4 heterocycles. The maximum atomic E-state index is 13.4. The summed E-state index contributed by atoms with van der Waals surface area (Å²) in [5.74, 6) is 27.4. The summed E-state index contributed by atoms with van der Waals surface area (Å²) in [4.78, 5) is 7.11. The van der Waals surface area contributed by atoms with Crippen LogP contribution < -0.4 is 0 Å². The van der Waals surface area contributed by atoms with Gasteiger partial charge in [-0.05, 0) is 419 Å². The normalized spacial score (nSPS) is 45.3. The van der Waals surface area contributed by atoms with Gasteiger partial charge in [0.25, 0.3) is 6.43 Å². The monoisotopic (exact) mass is 1690 g/mol. The number of allylic oxidation sites excluding steroid dienone is 4. The van der Waals surface area contributed by atoms with Crippen molar-refractivity contribution in [3.63, 3.8) is 0 Å². The first kappa shape index (κ1) is 87.3. The molecule has 4 aromatic rings. The molecule has 122 heavy (non-hydrogen) atoms. The van der Waals surface area contributed by atoms with Gasteiger partial charge in [-0.2, -0.15) is 60.0 Å². The Morgan fingerprint density at radius 1 is 0.369 bits per heavy atom. The van der Waals surface area contributed by atoms with Gasteiger partial charge < -0.3 is 25.2 Å². The largest absolute Gasteiger partial charge is 0.387 e. The average molecular weight is 1690 g/mol. The molecule has 0 aromatic carbocycles. The summed E-state index contributed by atoms with van der Waals surface area (Å²) in [7, 11) is 1.72. The number of alkyl halides is 2. The third-order valence-electron chi connectivity index (χ3n) is 39.6. The van der Waals surface area contributed by atoms with Crippen LogP contribution in [0.2, 0.25) is 0 Å². The summed E-state index contributed by atoms with van der Waals surface area (Å²) >= 11 is 5.63. The molecule has 17 aliphatic rings. The number of methoxy groups -OCH3 is 1. The van der Waals surface area contributed by atoms with Crippen LogP contribution in [0.4, 0.5) is 8.78 Å². The average Bonchev–Trinajstić information content (AvgIpc) is 1.49. The molecule has 20 heteroatoms. The first-order valence-corrected chi connectivity index (χ1v) is 49.4. The molecule has 666 valence electrons. The van der Waals surface area contributed by atoms with Gasteiger partial charge in [-0.3, -0.25) is 0 Å². The Balaban J connectivity index is 0.000000111. The van der Waals surface area contributed by atoms with E-state index in [0.717, 1.165) is 155 Å². The van der Waals surface area contributed by atoms with Crippen molar-refractivity contribution < 1.29 is 33.9 Å². The minimum Gasteiger partial charge on any atom is -0.387 e. The second kappa shape index (κ2) is 34.9. The molecule has 0 bridgehead atoms. The van der Waals surface area contributed by atoms with Crippen molar-refractivity contribution in [3.05, 3.63) is 98.2 Å². The van der Waals surface area contributed by atoms with Crippen LogP contribution in [0.25, 0.3) is 0 Å². The molecule has 0 aliphatic heterocycles. The van der Waals surface area contributed by atoms with Crippen LogP contribution in [0.5, 0.6) is 0 Å². The van der Waals surface area contributed by atoms with Gasteiger partial charge in [0.05, 0.1) is 88.0 Å². The Bertz CT molecular complexity index is 4440. The fourth-order valence-electron chi connectivity index (χ4n) is 34.2. The zero-order valence-electron chi connectivity index (χ0n) is 74.6. The van der Waals surface area contributed by atoms with Gasteiger partial charge in [0.15, 0.2) is 0 Å². The minimum atomic E-state index is -2.61. The van der Waals surface area contributed by atoms with Crippen LogP contribution in [-0.2, 0) is 30.9 Å². The number of aliphatic hydroxyl groups is 4. The summed E-state index contributed by atoms with van der Waals surface area (Å²) in [5, 5.41) is 80.2. The minimum absolute atomic E-state index is 0.271. The molecule has 4 aromatic heterocycles. The first-order chi connectivity index (χ1) is 58.6. The smallest absolute Gasteiger partial charge is 0.266 e. The Kier molecular flexibility index (Phi) is 25.0. The zero-order valence-corrected chi connectivity index (χ0v) is 75.3. The van der Waals surface area contributed by atoms with Gasteiger partial charge in [-0.25, -0.2) is 8.78 Å². The van der Waals surface area contributed by atoms with Gasteiger partial charge >= 0.3 is 0 Å². The molecular weight excluding hydrogens is 1550 g/mol. The molecule has 0 saturated heterocycles. The quantitative estimate of drug-likeness (QED) is 0.0645. The van der Waals surface area contributed by atoms with E-state index in [1.165, 1.54) is 189 Å². The van der Waals surface area contributed by atoms with E-state index >= 15 is 0 Å². The highest BCUT2D eigenvalue weighted by Gasteiger charge is 2.64. The number of hydrogen-bond acceptors (Lipinski definition) is 13. The van der Waals surface area contributed by atoms with Crippen molar-refractivity contribution in [3.8, 4) is 23.1 Å². The van der Waals surface area contributed by atoms with E-state index in [2.05, 4.69) is 118 Å². The van der Waals surface area contributed by atoms with Crippen molar-refractivity contribution in [1.82, 2.24) is 60.0 Å². The lowest BCUT2D eigenvalue weighted by Gasteiger charge is -2.57. The Morgan fingerprint density at radius 3 is 0.975 bits per heavy atom. The summed E-state index contributed by atoms with van der Waals surface area (Å²) in [6.45, 7) is 31.6. The SMILES string of the molecule is C=C(Cn1nccn1)[C@H]1CC[C@H]2[C@@H]3CC[C@@H]4C[C@@](O)(C#CC5CC5)CC[C@@H]4[C@H]3CC[C@]12C.C=C(Cn1nccn1)[C@H]1CC[C@H]2[C@@H]3CC[C@@H]4C[C@@](O)(C#CCl)CC[C@@H]4[C@H]3CC[C@]12C.C=C(Cn1nccn1)[C@H]1CC[C@H]2[C@@H]3CC[C@@H]4C[C@@](O)(C(F)F)CC[C@@H]4[C@H]3CC[C@]12C.C=C(Cn1nccn1)[C@H]1CC[C@H]2[C@@H]3CC[C@@H]4C[C@@](O)(COC)CC[C@@H]4[C@H]3CC[C@]12C. The van der Waals surface area contributed by atoms with E-state index in [1.807, 2.05) is 0 Å². The van der Waals surface area contributed by atoms with Gasteiger partial charge in [-0.15, -0.1) is 0 Å². The fraction of sp³-hybridized carbons (Fsp3) is 0.804. The predicted molar refractivity (Wildman–Crippen MR) is 471 cm³/mol. The molecule has 32 atom stereocenters. The maximum absolute atomic E-state index is 13.4. The van der Waals surface area contributed by atoms with Crippen molar-refractivity contribution >= 4 is 11.6 Å². The molecule has 17 saturated carbocycles. The second-order valence-electron chi connectivity index (χ2n) is 45.2. The third kappa shape index (κ3) is 16.7. The number of rotatable bonds is 15. The molecule has 0 amide bonds. The van der Waals surface area contributed by atoms with E-state index in [0.29, 0.717) is 107 Å². The number of nitrogens with zero attached hydrogens (tertiary/aromatic N) is 12. The molecule has 0 spiro atoms. The van der Waals surface area contributed by atoms with E-state index in [-0.39, 0.29) is 17.8 Å². The number of hydrogen-bond donors (Lipinski definition) is 4. The highest BCUT2D eigenvalue weighted by molar-refractivity contribution is 6.30.